The normalized spacial score (nSPS) is 17.8. The Hall–Kier alpha value is -2.63. The van der Waals surface area contributed by atoms with E-state index in [-0.39, 0.29) is 29.5 Å². The zero-order valence-corrected chi connectivity index (χ0v) is 13.3. The Kier molecular flexibility index (Phi) is 4.64. The van der Waals surface area contributed by atoms with Gasteiger partial charge in [-0.15, -0.1) is 0 Å². The van der Waals surface area contributed by atoms with Gasteiger partial charge in [-0.1, -0.05) is 18.2 Å². The molecule has 1 amide bonds. The fraction of sp³-hybridized carbons (Fsp3) is 0.389. The number of fused-ring (bicyclic) bond motifs is 1. The van der Waals surface area contributed by atoms with Crippen molar-refractivity contribution in [3.05, 3.63) is 46.4 Å². The molecule has 1 aromatic carbocycles. The number of carboxylic acid groups (broad SMARTS) is 1. The van der Waals surface area contributed by atoms with E-state index < -0.39 is 5.97 Å². The maximum atomic E-state index is 12.7. The number of nitrogens with one attached hydrogen (secondary N) is 1. The number of likely N-dealkylation sites (tertiary alicyclic amines) is 1. The van der Waals surface area contributed by atoms with Gasteiger partial charge in [0.1, 0.15) is 5.69 Å². The molecule has 2 heterocycles. The first kappa shape index (κ1) is 16.2. The van der Waals surface area contributed by atoms with Crippen LogP contribution in [0.5, 0.6) is 0 Å². The molecule has 24 heavy (non-hydrogen) atoms. The average Bonchev–Trinajstić information content (AvgIpc) is 2.59. The van der Waals surface area contributed by atoms with E-state index in [4.69, 9.17) is 5.11 Å². The largest absolute Gasteiger partial charge is 0.481 e. The Balaban J connectivity index is 1.78. The molecule has 0 bridgehead atoms. The molecule has 126 valence electrons. The molecule has 0 saturated carbocycles. The van der Waals surface area contributed by atoms with Gasteiger partial charge in [-0.05, 0) is 42.7 Å². The highest BCUT2D eigenvalue weighted by Gasteiger charge is 2.25. The topological polar surface area (TPSA) is 90.5 Å². The molecule has 1 aromatic heterocycles. The molecule has 1 aliphatic heterocycles. The van der Waals surface area contributed by atoms with Crippen LogP contribution in [-0.4, -0.2) is 40.0 Å². The maximum absolute atomic E-state index is 12.7. The van der Waals surface area contributed by atoms with E-state index in [0.29, 0.717) is 24.9 Å². The van der Waals surface area contributed by atoms with Gasteiger partial charge in [0, 0.05) is 24.9 Å². The summed E-state index contributed by atoms with van der Waals surface area (Å²) in [6, 6.07) is 8.87. The quantitative estimate of drug-likeness (QED) is 0.900. The van der Waals surface area contributed by atoms with Crippen LogP contribution in [0, 0.1) is 5.92 Å². The van der Waals surface area contributed by atoms with E-state index >= 15 is 0 Å². The zero-order chi connectivity index (χ0) is 17.1. The number of H-pyrrole nitrogens is 1. The Labute approximate surface area is 139 Å². The van der Waals surface area contributed by atoms with E-state index in [0.717, 1.165) is 18.2 Å². The lowest BCUT2D eigenvalue weighted by atomic mass is 9.93. The molecule has 1 saturated heterocycles. The molecule has 6 heteroatoms. The summed E-state index contributed by atoms with van der Waals surface area (Å²) in [4.78, 5) is 40.0. The van der Waals surface area contributed by atoms with Crippen LogP contribution in [-0.2, 0) is 4.79 Å². The van der Waals surface area contributed by atoms with Gasteiger partial charge in [0.05, 0.1) is 0 Å². The number of carbonyl (C=O) groups excluding carboxylic acids is 1. The first-order chi connectivity index (χ1) is 11.5. The highest BCUT2D eigenvalue weighted by atomic mass is 16.4. The monoisotopic (exact) mass is 328 g/mol. The van der Waals surface area contributed by atoms with Crippen LogP contribution in [0.4, 0.5) is 0 Å². The zero-order valence-electron chi connectivity index (χ0n) is 13.3. The summed E-state index contributed by atoms with van der Waals surface area (Å²) in [7, 11) is 0. The SMILES string of the molecule is O=C(O)CCC1CCCN(C(=O)c2cc3ccccc3c(=O)[nH]2)C1. The van der Waals surface area contributed by atoms with E-state index in [1.165, 1.54) is 0 Å². The molecule has 1 unspecified atom stereocenters. The molecule has 2 N–H and O–H groups in total. The lowest BCUT2D eigenvalue weighted by Crippen LogP contribution is -2.40. The first-order valence-corrected chi connectivity index (χ1v) is 8.18. The van der Waals surface area contributed by atoms with Gasteiger partial charge < -0.3 is 15.0 Å². The van der Waals surface area contributed by atoms with Crippen LogP contribution in [0.15, 0.2) is 35.1 Å². The number of amides is 1. The number of pyridine rings is 1. The third kappa shape index (κ3) is 3.48. The Morgan fingerprint density at radius 3 is 2.88 bits per heavy atom. The van der Waals surface area contributed by atoms with Gasteiger partial charge in [-0.3, -0.25) is 14.4 Å². The summed E-state index contributed by atoms with van der Waals surface area (Å²) < 4.78 is 0. The van der Waals surface area contributed by atoms with Crippen LogP contribution in [0.1, 0.15) is 36.2 Å². The molecule has 0 aliphatic carbocycles. The van der Waals surface area contributed by atoms with Crippen molar-refractivity contribution >= 4 is 22.6 Å². The Morgan fingerprint density at radius 2 is 2.08 bits per heavy atom. The highest BCUT2D eigenvalue weighted by molar-refractivity contribution is 5.96. The van der Waals surface area contributed by atoms with Crippen molar-refractivity contribution in [2.24, 2.45) is 5.92 Å². The fourth-order valence-corrected chi connectivity index (χ4v) is 3.31. The molecule has 6 nitrogen and oxygen atoms in total. The number of benzene rings is 1. The average molecular weight is 328 g/mol. The number of carboxylic acids is 1. The lowest BCUT2D eigenvalue weighted by Gasteiger charge is -2.32. The van der Waals surface area contributed by atoms with Crippen molar-refractivity contribution in [1.82, 2.24) is 9.88 Å². The number of rotatable bonds is 4. The van der Waals surface area contributed by atoms with Crippen LogP contribution in [0.25, 0.3) is 10.8 Å². The molecule has 1 fully saturated rings. The van der Waals surface area contributed by atoms with Gasteiger partial charge in [0.2, 0.25) is 0 Å². The third-order valence-electron chi connectivity index (χ3n) is 4.56. The van der Waals surface area contributed by atoms with Gasteiger partial charge in [-0.2, -0.15) is 0 Å². The van der Waals surface area contributed by atoms with Crippen molar-refractivity contribution in [2.75, 3.05) is 13.1 Å². The molecule has 3 rings (SSSR count). The number of aromatic amines is 1. The van der Waals surface area contributed by atoms with Crippen molar-refractivity contribution in [1.29, 1.82) is 0 Å². The first-order valence-electron chi connectivity index (χ1n) is 8.18. The van der Waals surface area contributed by atoms with Gasteiger partial charge >= 0.3 is 5.97 Å². The molecule has 0 radical (unpaired) electrons. The summed E-state index contributed by atoms with van der Waals surface area (Å²) in [5.41, 5.74) is 0.0217. The van der Waals surface area contributed by atoms with Gasteiger partial charge in [-0.25, -0.2) is 0 Å². The molecule has 1 aliphatic rings. The number of hydrogen-bond acceptors (Lipinski definition) is 3. The van der Waals surface area contributed by atoms with Crippen LogP contribution in [0.2, 0.25) is 0 Å². The minimum Gasteiger partial charge on any atom is -0.481 e. The number of carbonyl (C=O) groups is 2. The number of piperidine rings is 1. The van der Waals surface area contributed by atoms with Gasteiger partial charge in [0.15, 0.2) is 0 Å². The van der Waals surface area contributed by atoms with Crippen LogP contribution < -0.4 is 5.56 Å². The number of nitrogens with zero attached hydrogens (tertiary/aromatic N) is 1. The van der Waals surface area contributed by atoms with Gasteiger partial charge in [0.25, 0.3) is 11.5 Å². The molecular formula is C18H20N2O4. The van der Waals surface area contributed by atoms with Crippen LogP contribution >= 0.6 is 0 Å². The summed E-state index contributed by atoms with van der Waals surface area (Å²) >= 11 is 0. The maximum Gasteiger partial charge on any atom is 0.303 e. The lowest BCUT2D eigenvalue weighted by molar-refractivity contribution is -0.137. The van der Waals surface area contributed by atoms with Crippen molar-refractivity contribution in [3.63, 3.8) is 0 Å². The second kappa shape index (κ2) is 6.86. The van der Waals surface area contributed by atoms with E-state index in [2.05, 4.69) is 4.98 Å². The number of aliphatic carboxylic acids is 1. The molecule has 2 aromatic rings. The fourth-order valence-electron chi connectivity index (χ4n) is 3.31. The minimum atomic E-state index is -0.808. The summed E-state index contributed by atoms with van der Waals surface area (Å²) in [5, 5.41) is 10.1. The standard InChI is InChI=1S/C18H20N2O4/c21-16(22)8-7-12-4-3-9-20(11-12)18(24)15-10-13-5-1-2-6-14(13)17(23)19-15/h1-2,5-6,10,12H,3-4,7-9,11H2,(H,19,23)(H,21,22). The molecule has 1 atom stereocenters. The Morgan fingerprint density at radius 1 is 1.29 bits per heavy atom. The van der Waals surface area contributed by atoms with E-state index in [1.54, 1.807) is 23.1 Å². The second-order valence-electron chi connectivity index (χ2n) is 6.29. The van der Waals surface area contributed by atoms with Crippen LogP contribution in [0.3, 0.4) is 0 Å². The molecular weight excluding hydrogens is 308 g/mol. The number of aromatic nitrogens is 1. The van der Waals surface area contributed by atoms with E-state index in [1.807, 2.05) is 12.1 Å². The molecule has 0 spiro atoms. The summed E-state index contributed by atoms with van der Waals surface area (Å²) in [6.07, 6.45) is 2.49. The smallest absolute Gasteiger partial charge is 0.303 e. The summed E-state index contributed by atoms with van der Waals surface area (Å²) in [5.74, 6) is -0.804. The minimum absolute atomic E-state index is 0.125. The van der Waals surface area contributed by atoms with E-state index in [9.17, 15) is 14.4 Å². The predicted molar refractivity (Wildman–Crippen MR) is 90.1 cm³/mol. The summed E-state index contributed by atoms with van der Waals surface area (Å²) in [6.45, 7) is 1.18. The number of hydrogen-bond donors (Lipinski definition) is 2. The highest BCUT2D eigenvalue weighted by Crippen LogP contribution is 2.22. The van der Waals surface area contributed by atoms with Crippen molar-refractivity contribution in [2.45, 2.75) is 25.7 Å². The Bertz CT molecular complexity index is 827. The second-order valence-corrected chi connectivity index (χ2v) is 6.29. The van der Waals surface area contributed by atoms with Crippen molar-refractivity contribution in [3.8, 4) is 0 Å². The van der Waals surface area contributed by atoms with Crippen molar-refractivity contribution < 1.29 is 14.7 Å². The third-order valence-corrected chi connectivity index (χ3v) is 4.56. The predicted octanol–water partition coefficient (Wildman–Crippen LogP) is 2.25.